The van der Waals surface area contributed by atoms with Gasteiger partial charge in [0.25, 0.3) is 0 Å². The first-order valence-corrected chi connectivity index (χ1v) is 10.5. The van der Waals surface area contributed by atoms with E-state index in [4.69, 9.17) is 4.74 Å². The highest BCUT2D eigenvalue weighted by atomic mass is 32.2. The lowest BCUT2D eigenvalue weighted by Gasteiger charge is -2.31. The van der Waals surface area contributed by atoms with Crippen molar-refractivity contribution in [3.63, 3.8) is 0 Å². The van der Waals surface area contributed by atoms with Crippen LogP contribution in [0.4, 0.5) is 0 Å². The average molecular weight is 388 g/mol. The fourth-order valence-electron chi connectivity index (χ4n) is 3.45. The van der Waals surface area contributed by atoms with Crippen molar-refractivity contribution in [2.24, 2.45) is 5.92 Å². The van der Waals surface area contributed by atoms with Crippen LogP contribution in [0.15, 0.2) is 47.4 Å². The molecular formula is C21H25NO4S. The number of Topliss-reactive ketones (excluding diaryl/α,β-unsaturated/α-hetero) is 1. The van der Waals surface area contributed by atoms with Crippen LogP contribution in [0.1, 0.15) is 34.3 Å². The molecule has 1 saturated heterocycles. The minimum atomic E-state index is -3.73. The Kier molecular flexibility index (Phi) is 5.67. The van der Waals surface area contributed by atoms with Crippen LogP contribution in [-0.2, 0) is 10.0 Å². The first-order chi connectivity index (χ1) is 12.8. The summed E-state index contributed by atoms with van der Waals surface area (Å²) in [7, 11) is -2.26. The largest absolute Gasteiger partial charge is 0.495 e. The molecule has 2 aromatic rings. The molecule has 1 aliphatic rings. The molecule has 2 aromatic carbocycles. The van der Waals surface area contributed by atoms with Gasteiger partial charge in [0.15, 0.2) is 5.78 Å². The third kappa shape index (κ3) is 4.06. The van der Waals surface area contributed by atoms with Crippen molar-refractivity contribution in [3.05, 3.63) is 59.2 Å². The second kappa shape index (κ2) is 7.82. The van der Waals surface area contributed by atoms with E-state index < -0.39 is 10.0 Å². The van der Waals surface area contributed by atoms with Crippen LogP contribution in [-0.4, -0.2) is 38.7 Å². The molecule has 3 rings (SSSR count). The standard InChI is InChI=1S/C21H25NO4S/c1-15-6-9-17(10-7-15)21(23)18-5-4-12-22(14-18)27(24,25)20-13-16(2)8-11-19(20)26-3/h6-11,13,18H,4-5,12,14H2,1-3H3. The number of hydrogen-bond donors (Lipinski definition) is 0. The normalized spacial score (nSPS) is 18.3. The molecular weight excluding hydrogens is 362 g/mol. The van der Waals surface area contributed by atoms with E-state index in [1.807, 2.05) is 44.2 Å². The Morgan fingerprint density at radius 2 is 1.74 bits per heavy atom. The maximum absolute atomic E-state index is 13.2. The summed E-state index contributed by atoms with van der Waals surface area (Å²) in [6.07, 6.45) is 1.36. The van der Waals surface area contributed by atoms with E-state index in [2.05, 4.69) is 0 Å². The lowest BCUT2D eigenvalue weighted by Crippen LogP contribution is -2.42. The van der Waals surface area contributed by atoms with E-state index in [-0.39, 0.29) is 23.1 Å². The molecule has 0 spiro atoms. The number of hydrogen-bond acceptors (Lipinski definition) is 4. The molecule has 0 aliphatic carbocycles. The molecule has 0 saturated carbocycles. The van der Waals surface area contributed by atoms with Crippen molar-refractivity contribution in [1.29, 1.82) is 0 Å². The number of aryl methyl sites for hydroxylation is 2. The summed E-state index contributed by atoms with van der Waals surface area (Å²) in [4.78, 5) is 13.0. The van der Waals surface area contributed by atoms with Crippen molar-refractivity contribution in [1.82, 2.24) is 4.31 Å². The Labute approximate surface area is 161 Å². The van der Waals surface area contributed by atoms with Crippen LogP contribution >= 0.6 is 0 Å². The van der Waals surface area contributed by atoms with Crippen molar-refractivity contribution >= 4 is 15.8 Å². The first-order valence-electron chi connectivity index (χ1n) is 9.08. The van der Waals surface area contributed by atoms with Gasteiger partial charge in [-0.05, 0) is 44.4 Å². The second-order valence-corrected chi connectivity index (χ2v) is 8.99. The van der Waals surface area contributed by atoms with Gasteiger partial charge in [-0.15, -0.1) is 0 Å². The molecule has 0 N–H and O–H groups in total. The highest BCUT2D eigenvalue weighted by molar-refractivity contribution is 7.89. The molecule has 144 valence electrons. The third-order valence-corrected chi connectivity index (χ3v) is 6.91. The van der Waals surface area contributed by atoms with Gasteiger partial charge in [0.05, 0.1) is 7.11 Å². The van der Waals surface area contributed by atoms with Gasteiger partial charge in [0.2, 0.25) is 10.0 Å². The molecule has 0 bridgehead atoms. The van der Waals surface area contributed by atoms with Gasteiger partial charge < -0.3 is 4.74 Å². The highest BCUT2D eigenvalue weighted by Crippen LogP contribution is 2.31. The van der Waals surface area contributed by atoms with Gasteiger partial charge in [-0.3, -0.25) is 4.79 Å². The third-order valence-electron chi connectivity index (χ3n) is 5.03. The molecule has 1 aliphatic heterocycles. The van der Waals surface area contributed by atoms with E-state index in [1.54, 1.807) is 12.1 Å². The maximum atomic E-state index is 13.2. The molecule has 1 unspecified atom stereocenters. The topological polar surface area (TPSA) is 63.7 Å². The minimum Gasteiger partial charge on any atom is -0.495 e. The van der Waals surface area contributed by atoms with Crippen LogP contribution in [0.5, 0.6) is 5.75 Å². The number of nitrogens with zero attached hydrogens (tertiary/aromatic N) is 1. The van der Waals surface area contributed by atoms with E-state index in [1.165, 1.54) is 11.4 Å². The summed E-state index contributed by atoms with van der Waals surface area (Å²) < 4.78 is 33.1. The Balaban J connectivity index is 1.86. The van der Waals surface area contributed by atoms with Crippen LogP contribution in [0, 0.1) is 19.8 Å². The summed E-state index contributed by atoms with van der Waals surface area (Å²) >= 11 is 0. The Bertz CT molecular complexity index is 935. The SMILES string of the molecule is COc1ccc(C)cc1S(=O)(=O)N1CCCC(C(=O)c2ccc(C)cc2)C1. The van der Waals surface area contributed by atoms with Gasteiger partial charge in [-0.2, -0.15) is 4.31 Å². The van der Waals surface area contributed by atoms with Crippen LogP contribution in [0.2, 0.25) is 0 Å². The summed E-state index contributed by atoms with van der Waals surface area (Å²) in [5.74, 6) is 0.00530. The molecule has 1 heterocycles. The smallest absolute Gasteiger partial charge is 0.246 e. The molecule has 1 atom stereocenters. The highest BCUT2D eigenvalue weighted by Gasteiger charge is 2.35. The van der Waals surface area contributed by atoms with Crippen LogP contribution < -0.4 is 4.74 Å². The quantitative estimate of drug-likeness (QED) is 0.736. The minimum absolute atomic E-state index is 0.00565. The molecule has 0 amide bonds. The fourth-order valence-corrected chi connectivity index (χ4v) is 5.22. The molecule has 1 fully saturated rings. The zero-order valence-corrected chi connectivity index (χ0v) is 16.8. The van der Waals surface area contributed by atoms with Gasteiger partial charge in [-0.25, -0.2) is 8.42 Å². The Morgan fingerprint density at radius 3 is 2.41 bits per heavy atom. The Morgan fingerprint density at radius 1 is 1.07 bits per heavy atom. The van der Waals surface area contributed by atoms with Crippen molar-refractivity contribution in [2.45, 2.75) is 31.6 Å². The number of methoxy groups -OCH3 is 1. The molecule has 5 nitrogen and oxygen atoms in total. The first kappa shape index (κ1) is 19.6. The van der Waals surface area contributed by atoms with Gasteiger partial charge in [0.1, 0.15) is 10.6 Å². The number of piperidine rings is 1. The number of benzene rings is 2. The zero-order valence-electron chi connectivity index (χ0n) is 15.9. The fraction of sp³-hybridized carbons (Fsp3) is 0.381. The number of carbonyl (C=O) groups is 1. The van der Waals surface area contributed by atoms with E-state index in [0.29, 0.717) is 30.7 Å². The van der Waals surface area contributed by atoms with Gasteiger partial charge in [-0.1, -0.05) is 35.9 Å². The Hall–Kier alpha value is -2.18. The molecule has 0 radical (unpaired) electrons. The monoisotopic (exact) mass is 387 g/mol. The second-order valence-electron chi connectivity index (χ2n) is 7.09. The van der Waals surface area contributed by atoms with Crippen molar-refractivity contribution < 1.29 is 17.9 Å². The van der Waals surface area contributed by atoms with Crippen LogP contribution in [0.25, 0.3) is 0 Å². The average Bonchev–Trinajstić information content (AvgIpc) is 2.68. The maximum Gasteiger partial charge on any atom is 0.246 e. The van der Waals surface area contributed by atoms with E-state index in [0.717, 1.165) is 11.1 Å². The lowest BCUT2D eigenvalue weighted by atomic mass is 9.91. The summed E-state index contributed by atoms with van der Waals surface area (Å²) in [6, 6.07) is 12.5. The molecule has 0 aromatic heterocycles. The summed E-state index contributed by atoms with van der Waals surface area (Å²) in [5.41, 5.74) is 2.57. The zero-order chi connectivity index (χ0) is 19.6. The van der Waals surface area contributed by atoms with Crippen LogP contribution in [0.3, 0.4) is 0 Å². The summed E-state index contributed by atoms with van der Waals surface area (Å²) in [5, 5.41) is 0. The summed E-state index contributed by atoms with van der Waals surface area (Å²) in [6.45, 7) is 4.43. The predicted molar refractivity (Wildman–Crippen MR) is 105 cm³/mol. The van der Waals surface area contributed by atoms with Crippen molar-refractivity contribution in [2.75, 3.05) is 20.2 Å². The van der Waals surface area contributed by atoms with Gasteiger partial charge in [0, 0.05) is 24.6 Å². The number of rotatable bonds is 5. The number of sulfonamides is 1. The van der Waals surface area contributed by atoms with Crippen molar-refractivity contribution in [3.8, 4) is 5.75 Å². The lowest BCUT2D eigenvalue weighted by molar-refractivity contribution is 0.0872. The molecule has 27 heavy (non-hydrogen) atoms. The van der Waals surface area contributed by atoms with E-state index >= 15 is 0 Å². The molecule has 6 heteroatoms. The number of carbonyl (C=O) groups excluding carboxylic acids is 1. The number of ketones is 1. The van der Waals surface area contributed by atoms with Gasteiger partial charge >= 0.3 is 0 Å². The number of ether oxygens (including phenoxy) is 1. The van der Waals surface area contributed by atoms with E-state index in [9.17, 15) is 13.2 Å². The predicted octanol–water partition coefficient (Wildman–Crippen LogP) is 3.60.